The number of aliphatic carboxylic acids is 1. The number of carboxylic acids is 1. The van der Waals surface area contributed by atoms with Crippen molar-refractivity contribution in [3.8, 4) is 5.75 Å². The van der Waals surface area contributed by atoms with Gasteiger partial charge in [-0.3, -0.25) is 9.80 Å². The minimum atomic E-state index is -1.12. The van der Waals surface area contributed by atoms with Crippen molar-refractivity contribution >= 4 is 62.8 Å². The average Bonchev–Trinajstić information content (AvgIpc) is 3.12. The molecule has 1 heterocycles. The van der Waals surface area contributed by atoms with E-state index < -0.39 is 18.0 Å². The molecular formula is C19H15BrCl2N2O4. The first-order chi connectivity index (χ1) is 13.3. The number of halogens is 3. The number of nitrogens with zero attached hydrogens (tertiary/aromatic N) is 2. The van der Waals surface area contributed by atoms with Gasteiger partial charge in [-0.15, -0.1) is 0 Å². The molecule has 0 radical (unpaired) electrons. The number of ether oxygens (including phenoxy) is 1. The van der Waals surface area contributed by atoms with Crippen molar-refractivity contribution in [1.82, 2.24) is 0 Å². The summed E-state index contributed by atoms with van der Waals surface area (Å²) < 4.78 is 6.12. The van der Waals surface area contributed by atoms with E-state index in [1.807, 2.05) is 0 Å². The van der Waals surface area contributed by atoms with Crippen LogP contribution in [0.5, 0.6) is 5.75 Å². The first-order valence-electron chi connectivity index (χ1n) is 8.26. The van der Waals surface area contributed by atoms with Gasteiger partial charge in [-0.1, -0.05) is 45.2 Å². The zero-order valence-corrected chi connectivity index (χ0v) is 17.7. The molecule has 0 fully saturated rings. The number of benzene rings is 2. The van der Waals surface area contributed by atoms with E-state index in [-0.39, 0.29) is 23.6 Å². The molecule has 9 heteroatoms. The quantitative estimate of drug-likeness (QED) is 0.588. The second-order valence-electron chi connectivity index (χ2n) is 6.13. The van der Waals surface area contributed by atoms with E-state index in [0.717, 1.165) is 0 Å². The van der Waals surface area contributed by atoms with Gasteiger partial charge in [0.2, 0.25) is 0 Å². The highest BCUT2D eigenvalue weighted by molar-refractivity contribution is 9.10. The number of hydrogen-bond acceptors (Lipinski definition) is 5. The van der Waals surface area contributed by atoms with Gasteiger partial charge in [0.1, 0.15) is 5.75 Å². The van der Waals surface area contributed by atoms with Gasteiger partial charge in [0.15, 0.2) is 11.9 Å². The molecule has 0 saturated carbocycles. The Morgan fingerprint density at radius 3 is 2.61 bits per heavy atom. The summed E-state index contributed by atoms with van der Waals surface area (Å²) in [4.78, 5) is 24.2. The van der Waals surface area contributed by atoms with Crippen molar-refractivity contribution in [1.29, 1.82) is 0 Å². The van der Waals surface area contributed by atoms with Gasteiger partial charge in [0.05, 0.1) is 33.8 Å². The van der Waals surface area contributed by atoms with Crippen LogP contribution in [0, 0.1) is 5.92 Å². The smallest absolute Gasteiger partial charge is 0.344 e. The van der Waals surface area contributed by atoms with E-state index in [2.05, 4.69) is 21.0 Å². The molecule has 146 valence electrons. The van der Waals surface area contributed by atoms with E-state index in [9.17, 15) is 9.59 Å². The maximum atomic E-state index is 13.1. The van der Waals surface area contributed by atoms with Gasteiger partial charge >= 0.3 is 5.97 Å². The number of para-hydroxylation sites is 1. The Kier molecular flexibility index (Phi) is 6.27. The minimum Gasteiger partial charge on any atom is -0.479 e. The molecule has 1 aliphatic heterocycles. The van der Waals surface area contributed by atoms with Gasteiger partial charge in [0.25, 0.3) is 0 Å². The van der Waals surface area contributed by atoms with Crippen LogP contribution in [-0.4, -0.2) is 35.7 Å². The van der Waals surface area contributed by atoms with Crippen molar-refractivity contribution in [2.24, 2.45) is 11.0 Å². The highest BCUT2D eigenvalue weighted by atomic mass is 79.9. The van der Waals surface area contributed by atoms with Crippen molar-refractivity contribution in [2.75, 3.05) is 11.6 Å². The van der Waals surface area contributed by atoms with Crippen LogP contribution in [0.4, 0.5) is 5.69 Å². The summed E-state index contributed by atoms with van der Waals surface area (Å²) >= 11 is 15.8. The van der Waals surface area contributed by atoms with Gasteiger partial charge in [-0.2, -0.15) is 5.10 Å². The summed E-state index contributed by atoms with van der Waals surface area (Å²) in [6.07, 6.45) is 0.427. The molecule has 0 saturated heterocycles. The Morgan fingerprint density at radius 2 is 1.96 bits per heavy atom. The number of rotatable bonds is 6. The Labute approximate surface area is 179 Å². The van der Waals surface area contributed by atoms with Crippen LogP contribution in [0.1, 0.15) is 17.3 Å². The summed E-state index contributed by atoms with van der Waals surface area (Å²) in [7, 11) is 0. The van der Waals surface area contributed by atoms with Crippen LogP contribution in [-0.2, 0) is 4.79 Å². The van der Waals surface area contributed by atoms with E-state index in [1.54, 1.807) is 41.4 Å². The molecule has 28 heavy (non-hydrogen) atoms. The van der Waals surface area contributed by atoms with Gasteiger partial charge in [0, 0.05) is 10.7 Å². The average molecular weight is 486 g/mol. The number of hydrogen-bond donors (Lipinski definition) is 1. The molecule has 2 aromatic rings. The lowest BCUT2D eigenvalue weighted by Crippen LogP contribution is -2.27. The lowest BCUT2D eigenvalue weighted by atomic mass is 9.98. The predicted octanol–water partition coefficient (Wildman–Crippen LogP) is 4.91. The van der Waals surface area contributed by atoms with Crippen LogP contribution in [0.3, 0.4) is 0 Å². The Balaban J connectivity index is 1.85. The largest absolute Gasteiger partial charge is 0.479 e. The highest BCUT2D eigenvalue weighted by Crippen LogP contribution is 2.36. The molecule has 1 aliphatic rings. The molecule has 2 unspecified atom stereocenters. The molecule has 2 atom stereocenters. The highest BCUT2D eigenvalue weighted by Gasteiger charge is 2.30. The minimum absolute atomic E-state index is 0.200. The number of carbonyl (C=O) groups is 2. The van der Waals surface area contributed by atoms with Crippen LogP contribution in [0.15, 0.2) is 46.0 Å². The molecule has 0 amide bonds. The van der Waals surface area contributed by atoms with Crippen LogP contribution in [0.2, 0.25) is 10.0 Å². The van der Waals surface area contributed by atoms with Crippen molar-refractivity contribution in [3.05, 3.63) is 56.5 Å². The standard InChI is InChI=1S/C19H15BrCl2N2O4/c1-10(19(26)27)28-16-6-5-12(20)7-13(16)18(25)11-8-23-24(9-11)17-14(21)3-2-4-15(17)22/h2-8,10-11H,9H2,1H3,(H,26,27). The number of Topliss-reactive ketones (excluding diaryl/α,β-unsaturated/α-hetero) is 1. The van der Waals surface area contributed by atoms with Gasteiger partial charge in [-0.05, 0) is 37.3 Å². The molecule has 0 aromatic heterocycles. The number of anilines is 1. The second kappa shape index (κ2) is 8.51. The molecule has 6 nitrogen and oxygen atoms in total. The Morgan fingerprint density at radius 1 is 1.29 bits per heavy atom. The molecule has 2 aromatic carbocycles. The van der Waals surface area contributed by atoms with E-state index in [4.69, 9.17) is 33.0 Å². The summed E-state index contributed by atoms with van der Waals surface area (Å²) in [6.45, 7) is 1.65. The third-order valence-electron chi connectivity index (χ3n) is 4.15. The summed E-state index contributed by atoms with van der Waals surface area (Å²) in [5, 5.41) is 15.8. The lowest BCUT2D eigenvalue weighted by molar-refractivity contribution is -0.144. The van der Waals surface area contributed by atoms with Crippen LogP contribution in [0.25, 0.3) is 0 Å². The number of carbonyl (C=O) groups excluding carboxylic acids is 1. The topological polar surface area (TPSA) is 79.2 Å². The first-order valence-corrected chi connectivity index (χ1v) is 9.81. The van der Waals surface area contributed by atoms with Gasteiger partial charge < -0.3 is 9.84 Å². The fourth-order valence-corrected chi connectivity index (χ4v) is 3.67. The van der Waals surface area contributed by atoms with Crippen LogP contribution >= 0.6 is 39.1 Å². The normalized spacial score (nSPS) is 16.9. The van der Waals surface area contributed by atoms with E-state index in [1.165, 1.54) is 13.1 Å². The van der Waals surface area contributed by atoms with Crippen molar-refractivity contribution in [3.63, 3.8) is 0 Å². The van der Waals surface area contributed by atoms with E-state index >= 15 is 0 Å². The third-order valence-corrected chi connectivity index (χ3v) is 5.25. The second-order valence-corrected chi connectivity index (χ2v) is 7.86. The lowest BCUT2D eigenvalue weighted by Gasteiger charge is -2.19. The molecule has 0 aliphatic carbocycles. The molecular weight excluding hydrogens is 471 g/mol. The number of ketones is 1. The molecule has 3 rings (SSSR count). The summed E-state index contributed by atoms with van der Waals surface area (Å²) in [6, 6.07) is 9.96. The summed E-state index contributed by atoms with van der Waals surface area (Å²) in [5.41, 5.74) is 0.800. The Hall–Kier alpha value is -2.09. The molecule has 0 bridgehead atoms. The van der Waals surface area contributed by atoms with Crippen molar-refractivity contribution in [2.45, 2.75) is 13.0 Å². The zero-order chi connectivity index (χ0) is 20.4. The predicted molar refractivity (Wildman–Crippen MR) is 112 cm³/mol. The Bertz CT molecular complexity index is 947. The summed E-state index contributed by atoms with van der Waals surface area (Å²) in [5.74, 6) is -1.73. The maximum absolute atomic E-state index is 13.1. The monoisotopic (exact) mass is 484 g/mol. The fraction of sp³-hybridized carbons (Fsp3) is 0.211. The number of carboxylic acid groups (broad SMARTS) is 1. The first kappa shape index (κ1) is 20.6. The third kappa shape index (κ3) is 4.32. The maximum Gasteiger partial charge on any atom is 0.344 e. The molecule has 0 spiro atoms. The number of hydrazone groups is 1. The van der Waals surface area contributed by atoms with Crippen LogP contribution < -0.4 is 9.75 Å². The SMILES string of the molecule is CC(Oc1ccc(Br)cc1C(=O)C1C=NN(c2c(Cl)cccc2Cl)C1)C(=O)O. The zero-order valence-electron chi connectivity index (χ0n) is 14.6. The molecule has 1 N–H and O–H groups in total. The fourth-order valence-electron chi connectivity index (χ4n) is 2.71. The van der Waals surface area contributed by atoms with E-state index in [0.29, 0.717) is 20.2 Å². The van der Waals surface area contributed by atoms with Crippen molar-refractivity contribution < 1.29 is 19.4 Å². The van der Waals surface area contributed by atoms with Gasteiger partial charge in [-0.25, -0.2) is 4.79 Å².